The Balaban J connectivity index is 0. The topological polar surface area (TPSA) is 305 Å². The third-order valence-corrected chi connectivity index (χ3v) is 12.4. The van der Waals surface area contributed by atoms with Gasteiger partial charge >= 0.3 is 106 Å². The molecule has 0 saturated heterocycles. The molecule has 7 aromatic rings. The molecule has 14 bridgehead atoms. The summed E-state index contributed by atoms with van der Waals surface area (Å²) in [6.45, 7) is 0. The zero-order valence-corrected chi connectivity index (χ0v) is 54.4. The van der Waals surface area contributed by atoms with Gasteiger partial charge in [-0.3, -0.25) is 0 Å². The minimum absolute atomic E-state index is 0. The number of aliphatic hydroxyl groups excluding tert-OH is 1. The fourth-order valence-corrected chi connectivity index (χ4v) is 6.32. The van der Waals surface area contributed by atoms with E-state index in [1.807, 2.05) is 211 Å². The van der Waals surface area contributed by atoms with Crippen molar-refractivity contribution in [2.24, 2.45) is 0 Å². The minimum Gasteiger partial charge on any atom is -1.00 e. The molecule has 0 unspecified atom stereocenters. The summed E-state index contributed by atoms with van der Waals surface area (Å²) in [5.74, 6) is 10.2. The zero-order chi connectivity index (χ0) is 61.9. The molecule has 0 saturated carbocycles. The molecule has 492 valence electrons. The molecule has 1 N–H and O–H groups in total. The molecule has 1 aliphatic heterocycles. The number of alkyl halides is 9. The molecule has 0 aliphatic carbocycles. The van der Waals surface area contributed by atoms with Crippen LogP contribution < -0.4 is 46.7 Å². The molecule has 87 heavy (non-hydrogen) atoms. The van der Waals surface area contributed by atoms with Crippen molar-refractivity contribution in [3.63, 3.8) is 0 Å². The van der Waals surface area contributed by atoms with Crippen molar-refractivity contribution in [2.45, 2.75) is 16.5 Å². The van der Waals surface area contributed by atoms with E-state index in [-0.39, 0.29) is 102 Å². The van der Waals surface area contributed by atoms with Crippen molar-refractivity contribution in [2.75, 3.05) is 90.7 Å². The number of aliphatic hydroxyl groups is 1. The van der Waals surface area contributed by atoms with Crippen LogP contribution in [0.3, 0.4) is 0 Å². The van der Waals surface area contributed by atoms with Crippen LogP contribution in [0.4, 0.5) is 121 Å². The first kappa shape index (κ1) is 84.0. The third kappa shape index (κ3) is 23.1. The summed E-state index contributed by atoms with van der Waals surface area (Å²) in [4.78, 5) is 48.9. The van der Waals surface area contributed by atoms with Gasteiger partial charge in [0.05, 0.1) is 0 Å². The average Bonchev–Trinajstić information content (AvgIpc) is 3.12. The smallest absolute Gasteiger partial charge is 1.00 e. The van der Waals surface area contributed by atoms with E-state index in [0.717, 1.165) is 88.6 Å². The summed E-state index contributed by atoms with van der Waals surface area (Å²) in [7, 11) is -3.54. The molecule has 0 spiro atoms. The number of hydrogen-bond acceptors (Lipinski definition) is 24. The first-order chi connectivity index (χ1) is 37.9. The van der Waals surface area contributed by atoms with Gasteiger partial charge in [-0.15, -0.1) is 0 Å². The van der Waals surface area contributed by atoms with Gasteiger partial charge in [0.2, 0.25) is 0 Å². The Morgan fingerprint density at radius 1 is 0.287 bits per heavy atom. The van der Waals surface area contributed by atoms with E-state index >= 15 is 0 Å². The molecular weight excluding hydrogens is 1640 g/mol. The van der Waals surface area contributed by atoms with E-state index in [9.17, 15) is 39.5 Å². The second-order valence-corrected chi connectivity index (χ2v) is 20.2. The van der Waals surface area contributed by atoms with Crippen LogP contribution in [0.5, 0.6) is 0 Å². The Labute approximate surface area is 562 Å². The summed E-state index contributed by atoms with van der Waals surface area (Å²) in [6.07, 6.45) is 0. The Morgan fingerprint density at radius 2 is 0.356 bits per heavy atom. The van der Waals surface area contributed by atoms with E-state index in [1.165, 1.54) is 0 Å². The van der Waals surface area contributed by atoms with Crippen LogP contribution in [-0.4, -0.2) is 152 Å². The summed E-state index contributed by atoms with van der Waals surface area (Å²) >= 11 is 0. The molecular formula is C46H46Ag4ClF9N14O10S3. The van der Waals surface area contributed by atoms with Crippen molar-refractivity contribution < 1.29 is 185 Å². The fourth-order valence-electron chi connectivity index (χ4n) is 6.32. The second-order valence-electron chi connectivity index (χ2n) is 16.1. The summed E-state index contributed by atoms with van der Waals surface area (Å²) in [5.41, 5.74) is -16.9. The minimum atomic E-state index is -6.09. The summed E-state index contributed by atoms with van der Waals surface area (Å²) in [5, 5.41) is 7.00. The van der Waals surface area contributed by atoms with E-state index in [0.29, 0.717) is 0 Å². The monoisotopic (exact) mass is 1680 g/mol. The van der Waals surface area contributed by atoms with Gasteiger partial charge in [0.15, 0.2) is 30.4 Å². The average molecular weight is 1690 g/mol. The molecule has 24 nitrogen and oxygen atoms in total. The maximum Gasteiger partial charge on any atom is 1.00 e. The van der Waals surface area contributed by atoms with Crippen LogP contribution in [0.15, 0.2) is 127 Å². The molecule has 7 aromatic heterocycles. The SMILES string of the molecule is CN1c2cccc(n2)N(C)c2cccc(n2)N(C)c2cccc(n2)N(C)c2cccc(n2)N(C)c2cccc(n2)N(C)c2cccc(n2)N(C)c2cccc1n2.CO.O=S(=O)([O-])C(F)(F)F.O=S(=O)([O-])C(F)(F)F.O=S(=O)([O-])C(F)(F)F.[Ag+].[Ag+].[Ag+].[Ag+].[Cl-]. The van der Waals surface area contributed by atoms with Gasteiger partial charge in [0.25, 0.3) is 0 Å². The molecule has 0 amide bonds. The van der Waals surface area contributed by atoms with Gasteiger partial charge in [-0.05, 0) is 84.9 Å². The van der Waals surface area contributed by atoms with Crippen molar-refractivity contribution >= 4 is 112 Å². The van der Waals surface area contributed by atoms with Crippen LogP contribution in [-0.2, 0) is 120 Å². The largest absolute Gasteiger partial charge is 1.00 e. The van der Waals surface area contributed by atoms with Crippen molar-refractivity contribution in [1.82, 2.24) is 34.9 Å². The Hall–Kier alpha value is -5.04. The number of halogens is 10. The number of nitrogens with zero attached hydrogens (tertiary/aromatic N) is 14. The van der Waals surface area contributed by atoms with Crippen molar-refractivity contribution in [3.8, 4) is 0 Å². The molecule has 41 heteroatoms. The predicted molar refractivity (Wildman–Crippen MR) is 281 cm³/mol. The molecule has 0 aromatic carbocycles. The quantitative estimate of drug-likeness (QED) is 0.0914. The van der Waals surface area contributed by atoms with E-state index in [1.54, 1.807) is 0 Å². The summed E-state index contributed by atoms with van der Waals surface area (Å²) < 4.78 is 177. The normalized spacial score (nSPS) is 12.5. The zero-order valence-electron chi connectivity index (χ0n) is 45.2. The molecule has 8 rings (SSSR count). The molecule has 0 radical (unpaired) electrons. The number of fused-ring (bicyclic) bond motifs is 14. The Bertz CT molecular complexity index is 2960. The van der Waals surface area contributed by atoms with Crippen LogP contribution in [0, 0.1) is 0 Å². The van der Waals surface area contributed by atoms with Crippen LogP contribution in [0.2, 0.25) is 0 Å². The Morgan fingerprint density at radius 3 is 0.414 bits per heavy atom. The second kappa shape index (κ2) is 34.8. The number of aromatic nitrogens is 7. The van der Waals surface area contributed by atoms with Gasteiger partial charge in [0.1, 0.15) is 81.5 Å². The van der Waals surface area contributed by atoms with Crippen LogP contribution >= 0.6 is 0 Å². The van der Waals surface area contributed by atoms with Crippen molar-refractivity contribution in [1.29, 1.82) is 0 Å². The first-order valence-electron chi connectivity index (χ1n) is 22.4. The standard InChI is InChI=1S/C42H42N14.3CHF3O3S.CH4O.4Ag.ClH/c1-50-29-15-8-17-31(43-29)51(2)33-19-10-21-35(45-33)53(4)37-23-12-25-39(47-37)55(6)41-27-14-28-42(49-41)56(7)40-26-13-24-38(48-40)54(5)36-22-11-20-34(46-36)52(3)32-18-9-16-30(50)44-32;3*2-1(3,4)8(5,6)7;1-2;;;;;/h8-28H,1-7H3;3*(H,5,6,7);2H,1H3;;;;;1H/q;;;;;4*+1;/p-4. The van der Waals surface area contributed by atoms with Crippen LogP contribution in [0.1, 0.15) is 0 Å². The maximum atomic E-state index is 10.7. The number of hydrogen-bond donors (Lipinski definition) is 1. The van der Waals surface area contributed by atoms with Gasteiger partial charge in [0, 0.05) is 56.4 Å². The van der Waals surface area contributed by atoms with E-state index in [4.69, 9.17) is 78.9 Å². The van der Waals surface area contributed by atoms with Crippen molar-refractivity contribution in [3.05, 3.63) is 127 Å². The number of rotatable bonds is 0. The van der Waals surface area contributed by atoms with E-state index < -0.39 is 46.9 Å². The molecule has 0 fully saturated rings. The van der Waals surface area contributed by atoms with Gasteiger partial charge in [-0.25, -0.2) is 60.1 Å². The maximum absolute atomic E-state index is 10.7. The molecule has 1 aliphatic rings. The number of pyridine rings is 7. The van der Waals surface area contributed by atoms with Gasteiger partial charge in [-0.1, -0.05) is 42.5 Å². The van der Waals surface area contributed by atoms with E-state index in [2.05, 4.69) is 0 Å². The summed E-state index contributed by atoms with van der Waals surface area (Å²) in [6, 6.07) is 41.5. The third-order valence-electron chi connectivity index (χ3n) is 10.7. The predicted octanol–water partition coefficient (Wildman–Crippen LogP) is 4.90. The Kier molecular flexibility index (Phi) is 33.6. The van der Waals surface area contributed by atoms with Crippen LogP contribution in [0.25, 0.3) is 0 Å². The molecule has 0 atom stereocenters. The number of anilines is 14. The molecule has 8 heterocycles. The van der Waals surface area contributed by atoms with Gasteiger partial charge < -0.3 is 65.5 Å². The van der Waals surface area contributed by atoms with Gasteiger partial charge in [-0.2, -0.15) is 39.5 Å². The fraction of sp³-hybridized carbons (Fsp3) is 0.239. The first-order valence-corrected chi connectivity index (χ1v) is 26.6.